The van der Waals surface area contributed by atoms with Gasteiger partial charge in [0.15, 0.2) is 6.10 Å². The number of unbranched alkanes of at least 4 members (excludes halogenated alkanes) is 27. The maximum Gasteiger partial charge on any atom is 0.306 e. The van der Waals surface area contributed by atoms with E-state index in [-0.39, 0.29) is 18.5 Å². The Morgan fingerprint density at radius 3 is 1.31 bits per heavy atom. The predicted molar refractivity (Wildman–Crippen MR) is 224 cm³/mol. The van der Waals surface area contributed by atoms with Gasteiger partial charge in [-0.05, 0) is 51.4 Å². The Morgan fingerprint density at radius 2 is 0.808 bits per heavy atom. The van der Waals surface area contributed by atoms with E-state index >= 15 is 0 Å². The summed E-state index contributed by atoms with van der Waals surface area (Å²) < 4.78 is 17.2. The summed E-state index contributed by atoms with van der Waals surface area (Å²) in [6.07, 6.45) is 49.2. The molecule has 0 saturated carbocycles. The lowest BCUT2D eigenvalue weighted by Crippen LogP contribution is -2.30. The molecule has 0 aromatic carbocycles. The van der Waals surface area contributed by atoms with Gasteiger partial charge in [-0.1, -0.05) is 199 Å². The van der Waals surface area contributed by atoms with E-state index in [1.807, 2.05) is 0 Å². The SMILES string of the molecule is CCCCC/C=C\C/C=C\CCCCCCCCCCCCOCC(COC(=O)CCCCCCCCCCCCC)OC(=O)CCCCCCC. The summed E-state index contributed by atoms with van der Waals surface area (Å²) in [7, 11) is 0. The highest BCUT2D eigenvalue weighted by Crippen LogP contribution is 2.14. The Kier molecular flexibility index (Phi) is 42.4. The molecule has 0 heterocycles. The van der Waals surface area contributed by atoms with Crippen LogP contribution in [0.1, 0.15) is 239 Å². The minimum atomic E-state index is -0.525. The number of hydrogen-bond acceptors (Lipinski definition) is 5. The van der Waals surface area contributed by atoms with Crippen LogP contribution in [0.15, 0.2) is 24.3 Å². The number of rotatable bonds is 42. The van der Waals surface area contributed by atoms with Crippen LogP contribution in [0, 0.1) is 0 Å². The van der Waals surface area contributed by atoms with E-state index in [9.17, 15) is 9.59 Å². The first-order valence-electron chi connectivity index (χ1n) is 22.9. The van der Waals surface area contributed by atoms with Gasteiger partial charge in [-0.3, -0.25) is 9.59 Å². The molecule has 306 valence electrons. The van der Waals surface area contributed by atoms with E-state index in [4.69, 9.17) is 14.2 Å². The van der Waals surface area contributed by atoms with Crippen LogP contribution in [0.25, 0.3) is 0 Å². The third kappa shape index (κ3) is 41.1. The van der Waals surface area contributed by atoms with Gasteiger partial charge in [0.2, 0.25) is 0 Å². The lowest BCUT2D eigenvalue weighted by atomic mass is 10.1. The minimum absolute atomic E-state index is 0.0893. The molecule has 0 rings (SSSR count). The monoisotopic (exact) mass is 733 g/mol. The van der Waals surface area contributed by atoms with Gasteiger partial charge in [0.1, 0.15) is 6.61 Å². The lowest BCUT2D eigenvalue weighted by Gasteiger charge is -2.18. The maximum atomic E-state index is 12.5. The molecule has 0 amide bonds. The Bertz CT molecular complexity index is 791. The normalized spacial score (nSPS) is 12.3. The lowest BCUT2D eigenvalue weighted by molar-refractivity contribution is -0.163. The Morgan fingerprint density at radius 1 is 0.423 bits per heavy atom. The van der Waals surface area contributed by atoms with Gasteiger partial charge in [-0.25, -0.2) is 0 Å². The molecule has 0 aliphatic heterocycles. The van der Waals surface area contributed by atoms with Gasteiger partial charge in [0.05, 0.1) is 6.61 Å². The van der Waals surface area contributed by atoms with E-state index in [2.05, 4.69) is 45.1 Å². The van der Waals surface area contributed by atoms with Gasteiger partial charge in [0.25, 0.3) is 0 Å². The fourth-order valence-corrected chi connectivity index (χ4v) is 6.54. The number of ether oxygens (including phenoxy) is 3. The Labute approximate surface area is 324 Å². The Hall–Kier alpha value is -1.62. The summed E-state index contributed by atoms with van der Waals surface area (Å²) in [5, 5.41) is 0. The molecule has 5 nitrogen and oxygen atoms in total. The summed E-state index contributed by atoms with van der Waals surface area (Å²) in [6.45, 7) is 7.74. The maximum absolute atomic E-state index is 12.5. The molecular weight excluding hydrogens is 645 g/mol. The average molecular weight is 733 g/mol. The molecular formula is C47H88O5. The molecule has 0 spiro atoms. The van der Waals surface area contributed by atoms with Crippen molar-refractivity contribution < 1.29 is 23.8 Å². The summed E-state index contributed by atoms with van der Waals surface area (Å²) in [4.78, 5) is 24.9. The van der Waals surface area contributed by atoms with Crippen molar-refractivity contribution in [3.05, 3.63) is 24.3 Å². The zero-order chi connectivity index (χ0) is 37.8. The molecule has 0 fully saturated rings. The van der Waals surface area contributed by atoms with Crippen LogP contribution in [0.5, 0.6) is 0 Å². The molecule has 5 heteroatoms. The Balaban J connectivity index is 3.98. The fourth-order valence-electron chi connectivity index (χ4n) is 6.54. The molecule has 0 radical (unpaired) electrons. The van der Waals surface area contributed by atoms with Crippen molar-refractivity contribution in [2.24, 2.45) is 0 Å². The molecule has 1 atom stereocenters. The van der Waals surface area contributed by atoms with Crippen molar-refractivity contribution in [2.45, 2.75) is 245 Å². The predicted octanol–water partition coefficient (Wildman–Crippen LogP) is 14.9. The first-order valence-corrected chi connectivity index (χ1v) is 22.9. The molecule has 0 aromatic heterocycles. The summed E-state index contributed by atoms with van der Waals surface area (Å²) in [5.74, 6) is -0.402. The number of esters is 2. The van der Waals surface area contributed by atoms with Crippen molar-refractivity contribution in [1.29, 1.82) is 0 Å². The molecule has 0 aliphatic rings. The summed E-state index contributed by atoms with van der Waals surface area (Å²) in [5.41, 5.74) is 0. The van der Waals surface area contributed by atoms with Crippen molar-refractivity contribution in [1.82, 2.24) is 0 Å². The van der Waals surface area contributed by atoms with Gasteiger partial charge >= 0.3 is 11.9 Å². The van der Waals surface area contributed by atoms with Gasteiger partial charge in [-0.2, -0.15) is 0 Å². The van der Waals surface area contributed by atoms with E-state index in [0.29, 0.717) is 26.1 Å². The zero-order valence-electron chi connectivity index (χ0n) is 35.1. The van der Waals surface area contributed by atoms with Crippen LogP contribution in [-0.4, -0.2) is 37.9 Å². The number of carbonyl (C=O) groups is 2. The quantitative estimate of drug-likeness (QED) is 0.0355. The summed E-state index contributed by atoms with van der Waals surface area (Å²) in [6, 6.07) is 0. The molecule has 52 heavy (non-hydrogen) atoms. The van der Waals surface area contributed by atoms with E-state index < -0.39 is 6.10 Å². The van der Waals surface area contributed by atoms with Gasteiger partial charge in [0, 0.05) is 19.4 Å². The second-order valence-corrected chi connectivity index (χ2v) is 15.3. The van der Waals surface area contributed by atoms with Crippen LogP contribution in [0.3, 0.4) is 0 Å². The molecule has 0 bridgehead atoms. The number of hydrogen-bond donors (Lipinski definition) is 0. The fraction of sp³-hybridized carbons (Fsp3) is 0.872. The second kappa shape index (κ2) is 43.8. The van der Waals surface area contributed by atoms with Crippen LogP contribution in [-0.2, 0) is 23.8 Å². The van der Waals surface area contributed by atoms with Crippen molar-refractivity contribution in [2.75, 3.05) is 19.8 Å². The average Bonchev–Trinajstić information content (AvgIpc) is 3.14. The standard InChI is InChI=1S/C47H88O5/c1-4-7-10-13-15-17-19-20-21-22-23-24-25-26-27-29-31-33-36-39-42-50-43-45(52-47(49)41-38-34-12-9-6-3)44-51-46(48)40-37-35-32-30-28-18-16-14-11-8-5-2/h15,17,20-21,45H,4-14,16,18-19,22-44H2,1-3H3/b17-15-,21-20-. The number of carbonyl (C=O) groups excluding carboxylic acids is 2. The van der Waals surface area contributed by atoms with E-state index in [1.165, 1.54) is 154 Å². The van der Waals surface area contributed by atoms with Crippen LogP contribution in [0.4, 0.5) is 0 Å². The van der Waals surface area contributed by atoms with E-state index in [1.54, 1.807) is 0 Å². The van der Waals surface area contributed by atoms with Crippen LogP contribution < -0.4 is 0 Å². The van der Waals surface area contributed by atoms with Crippen molar-refractivity contribution >= 4 is 11.9 Å². The van der Waals surface area contributed by atoms with Gasteiger partial charge in [-0.15, -0.1) is 0 Å². The highest BCUT2D eigenvalue weighted by atomic mass is 16.6. The highest BCUT2D eigenvalue weighted by Gasteiger charge is 2.17. The first-order chi connectivity index (χ1) is 25.6. The first kappa shape index (κ1) is 50.4. The molecule has 0 saturated heterocycles. The third-order valence-corrected chi connectivity index (χ3v) is 9.99. The third-order valence-electron chi connectivity index (χ3n) is 9.99. The topological polar surface area (TPSA) is 61.8 Å². The van der Waals surface area contributed by atoms with Gasteiger partial charge < -0.3 is 14.2 Å². The molecule has 0 N–H and O–H groups in total. The zero-order valence-corrected chi connectivity index (χ0v) is 35.1. The smallest absolute Gasteiger partial charge is 0.306 e. The van der Waals surface area contributed by atoms with Crippen molar-refractivity contribution in [3.8, 4) is 0 Å². The number of allylic oxidation sites excluding steroid dienone is 4. The van der Waals surface area contributed by atoms with E-state index in [0.717, 1.165) is 51.4 Å². The van der Waals surface area contributed by atoms with Crippen LogP contribution >= 0.6 is 0 Å². The summed E-state index contributed by atoms with van der Waals surface area (Å²) >= 11 is 0. The van der Waals surface area contributed by atoms with Crippen molar-refractivity contribution in [3.63, 3.8) is 0 Å². The minimum Gasteiger partial charge on any atom is -0.462 e. The molecule has 1 unspecified atom stereocenters. The molecule has 0 aliphatic carbocycles. The molecule has 0 aromatic rings. The second-order valence-electron chi connectivity index (χ2n) is 15.3. The van der Waals surface area contributed by atoms with Crippen LogP contribution in [0.2, 0.25) is 0 Å². The largest absolute Gasteiger partial charge is 0.462 e. The highest BCUT2D eigenvalue weighted by molar-refractivity contribution is 5.70.